The zero-order valence-corrected chi connectivity index (χ0v) is 17.1. The Hall–Kier alpha value is -1.73. The lowest BCUT2D eigenvalue weighted by Crippen LogP contribution is -2.37. The molecular formula is C22H26OPSi+. The number of hydrogen-bond acceptors (Lipinski definition) is 1. The molecule has 3 aromatic rings. The molecule has 1 nitrogen and oxygen atoms in total. The van der Waals surface area contributed by atoms with Crippen molar-refractivity contribution >= 4 is 31.5 Å². The SMILES string of the molecule is C[Si](C)(C)OC[P+](c1ccccc1)(c1ccccc1)c1ccccc1. The quantitative estimate of drug-likeness (QED) is 0.451. The van der Waals surface area contributed by atoms with Gasteiger partial charge in [-0.2, -0.15) is 0 Å². The molecule has 0 N–H and O–H groups in total. The van der Waals surface area contributed by atoms with Gasteiger partial charge in [0.1, 0.15) is 23.2 Å². The molecule has 0 radical (unpaired) electrons. The maximum atomic E-state index is 6.55. The summed E-state index contributed by atoms with van der Waals surface area (Å²) in [6.07, 6.45) is 0.765. The molecule has 3 heteroatoms. The molecule has 0 aliphatic heterocycles. The second-order valence-electron chi connectivity index (χ2n) is 7.20. The average Bonchev–Trinajstić information content (AvgIpc) is 2.64. The van der Waals surface area contributed by atoms with Gasteiger partial charge < -0.3 is 4.43 Å². The smallest absolute Gasteiger partial charge is 0.188 e. The van der Waals surface area contributed by atoms with E-state index < -0.39 is 15.6 Å². The van der Waals surface area contributed by atoms with Crippen molar-refractivity contribution in [2.75, 3.05) is 6.35 Å². The first-order chi connectivity index (χ1) is 12.0. The second kappa shape index (κ2) is 7.66. The summed E-state index contributed by atoms with van der Waals surface area (Å²) in [5, 5.41) is 4.14. The second-order valence-corrected chi connectivity index (χ2v) is 15.1. The van der Waals surface area contributed by atoms with Crippen LogP contribution in [0.5, 0.6) is 0 Å². The molecule has 3 aromatic carbocycles. The van der Waals surface area contributed by atoms with Crippen LogP contribution in [0.25, 0.3) is 0 Å². The third-order valence-electron chi connectivity index (χ3n) is 4.28. The van der Waals surface area contributed by atoms with E-state index in [0.29, 0.717) is 0 Å². The van der Waals surface area contributed by atoms with Gasteiger partial charge in [-0.3, -0.25) is 0 Å². The first-order valence-electron chi connectivity index (χ1n) is 8.71. The van der Waals surface area contributed by atoms with Gasteiger partial charge in [-0.25, -0.2) is 0 Å². The van der Waals surface area contributed by atoms with E-state index in [9.17, 15) is 0 Å². The minimum atomic E-state index is -1.84. The van der Waals surface area contributed by atoms with Crippen LogP contribution in [0, 0.1) is 0 Å². The maximum Gasteiger partial charge on any atom is 0.188 e. The molecule has 0 saturated carbocycles. The van der Waals surface area contributed by atoms with Crippen LogP contribution in [0.4, 0.5) is 0 Å². The molecule has 0 bridgehead atoms. The third kappa shape index (κ3) is 4.09. The van der Waals surface area contributed by atoms with Gasteiger partial charge in [0.2, 0.25) is 0 Å². The Bertz CT molecular complexity index is 686. The summed E-state index contributed by atoms with van der Waals surface area (Å²) in [5.74, 6) is 0. The summed E-state index contributed by atoms with van der Waals surface area (Å²) in [6, 6.07) is 32.7. The van der Waals surface area contributed by atoms with Gasteiger partial charge in [0, 0.05) is 0 Å². The monoisotopic (exact) mass is 365 g/mol. The minimum absolute atomic E-state index is 0.765. The van der Waals surface area contributed by atoms with Crippen molar-refractivity contribution in [2.45, 2.75) is 19.6 Å². The Morgan fingerprint density at radius 3 is 1.20 bits per heavy atom. The Morgan fingerprint density at radius 2 is 0.920 bits per heavy atom. The summed E-state index contributed by atoms with van der Waals surface area (Å²) >= 11 is 0. The maximum absolute atomic E-state index is 6.55. The summed E-state index contributed by atoms with van der Waals surface area (Å²) in [7, 11) is -3.48. The van der Waals surface area contributed by atoms with Crippen LogP contribution in [0.15, 0.2) is 91.0 Å². The van der Waals surface area contributed by atoms with Crippen molar-refractivity contribution < 1.29 is 4.43 Å². The average molecular weight is 366 g/mol. The minimum Gasteiger partial charge on any atom is -0.386 e. The van der Waals surface area contributed by atoms with Gasteiger partial charge in [-0.15, -0.1) is 0 Å². The lowest BCUT2D eigenvalue weighted by molar-refractivity contribution is 0.384. The molecule has 0 fully saturated rings. The predicted molar refractivity (Wildman–Crippen MR) is 114 cm³/mol. The topological polar surface area (TPSA) is 9.23 Å². The third-order valence-corrected chi connectivity index (χ3v) is 9.59. The van der Waals surface area contributed by atoms with E-state index in [4.69, 9.17) is 4.43 Å². The molecule has 0 spiro atoms. The summed E-state index contributed by atoms with van der Waals surface area (Å²) in [4.78, 5) is 0. The molecule has 0 aliphatic carbocycles. The highest BCUT2D eigenvalue weighted by molar-refractivity contribution is 7.95. The van der Waals surface area contributed by atoms with E-state index in [2.05, 4.69) is 111 Å². The molecule has 0 saturated heterocycles. The molecule has 0 unspecified atom stereocenters. The van der Waals surface area contributed by atoms with Crippen molar-refractivity contribution in [3.05, 3.63) is 91.0 Å². The molecule has 25 heavy (non-hydrogen) atoms. The van der Waals surface area contributed by atoms with Crippen molar-refractivity contribution in [1.29, 1.82) is 0 Å². The van der Waals surface area contributed by atoms with Crippen LogP contribution in [-0.4, -0.2) is 14.7 Å². The van der Waals surface area contributed by atoms with Gasteiger partial charge in [0.05, 0.1) is 0 Å². The number of rotatable bonds is 6. The van der Waals surface area contributed by atoms with Crippen LogP contribution in [-0.2, 0) is 4.43 Å². The summed E-state index contributed by atoms with van der Waals surface area (Å²) in [6.45, 7) is 6.80. The van der Waals surface area contributed by atoms with E-state index >= 15 is 0 Å². The fraction of sp³-hybridized carbons (Fsp3) is 0.182. The first-order valence-corrected chi connectivity index (χ1v) is 14.1. The van der Waals surface area contributed by atoms with Crippen molar-refractivity contribution in [3.8, 4) is 0 Å². The predicted octanol–water partition coefficient (Wildman–Crippen LogP) is 4.79. The normalized spacial score (nSPS) is 12.1. The Kier molecular flexibility index (Phi) is 5.53. The van der Waals surface area contributed by atoms with Crippen LogP contribution < -0.4 is 15.9 Å². The molecule has 0 atom stereocenters. The standard InChI is InChI=1S/C22H26OPSi/c1-25(2,3)23-19-24(20-13-7-4-8-14-20,21-15-9-5-10-16-21)22-17-11-6-12-18-22/h4-18H,19H2,1-3H3/q+1. The molecular weight excluding hydrogens is 339 g/mol. The largest absolute Gasteiger partial charge is 0.386 e. The highest BCUT2D eigenvalue weighted by Gasteiger charge is 2.46. The lowest BCUT2D eigenvalue weighted by Gasteiger charge is -2.30. The van der Waals surface area contributed by atoms with Gasteiger partial charge in [-0.1, -0.05) is 54.6 Å². The van der Waals surface area contributed by atoms with Gasteiger partial charge in [-0.05, 0) is 56.0 Å². The summed E-state index contributed by atoms with van der Waals surface area (Å²) < 4.78 is 6.55. The van der Waals surface area contributed by atoms with Gasteiger partial charge >= 0.3 is 0 Å². The number of hydrogen-bond donors (Lipinski definition) is 0. The van der Waals surface area contributed by atoms with E-state index in [1.54, 1.807) is 0 Å². The zero-order valence-electron chi connectivity index (χ0n) is 15.2. The Labute approximate surface area is 153 Å². The van der Waals surface area contributed by atoms with Crippen LogP contribution in [0.3, 0.4) is 0 Å². The van der Waals surface area contributed by atoms with Crippen molar-refractivity contribution in [1.82, 2.24) is 0 Å². The van der Waals surface area contributed by atoms with Crippen LogP contribution in [0.1, 0.15) is 0 Å². The molecule has 0 aliphatic rings. The Balaban J connectivity index is 2.24. The van der Waals surface area contributed by atoms with Gasteiger partial charge in [0.15, 0.2) is 14.7 Å². The van der Waals surface area contributed by atoms with Crippen molar-refractivity contribution in [2.24, 2.45) is 0 Å². The van der Waals surface area contributed by atoms with Crippen molar-refractivity contribution in [3.63, 3.8) is 0 Å². The fourth-order valence-corrected chi connectivity index (χ4v) is 8.72. The lowest BCUT2D eigenvalue weighted by atomic mass is 10.4. The van der Waals surface area contributed by atoms with E-state index in [-0.39, 0.29) is 0 Å². The van der Waals surface area contributed by atoms with E-state index in [1.165, 1.54) is 15.9 Å². The molecule has 0 amide bonds. The first kappa shape index (κ1) is 18.1. The van der Waals surface area contributed by atoms with E-state index in [1.807, 2.05) is 0 Å². The summed E-state index contributed by atoms with van der Waals surface area (Å²) in [5.41, 5.74) is 0. The molecule has 0 aromatic heterocycles. The highest BCUT2D eigenvalue weighted by Crippen LogP contribution is 2.55. The van der Waals surface area contributed by atoms with E-state index in [0.717, 1.165) is 6.35 Å². The highest BCUT2D eigenvalue weighted by atomic mass is 31.2. The number of benzene rings is 3. The Morgan fingerprint density at radius 1 is 0.600 bits per heavy atom. The van der Waals surface area contributed by atoms with Crippen LogP contribution in [0.2, 0.25) is 19.6 Å². The molecule has 0 heterocycles. The molecule has 128 valence electrons. The fourth-order valence-electron chi connectivity index (χ4n) is 3.01. The molecule has 3 rings (SSSR count). The van der Waals surface area contributed by atoms with Crippen LogP contribution >= 0.6 is 7.26 Å². The van der Waals surface area contributed by atoms with Gasteiger partial charge in [0.25, 0.3) is 0 Å². The zero-order chi connectivity index (χ0) is 17.8.